The van der Waals surface area contributed by atoms with Crippen LogP contribution in [0.15, 0.2) is 24.3 Å². The third-order valence-corrected chi connectivity index (χ3v) is 2.00. The van der Waals surface area contributed by atoms with Crippen LogP contribution in [0.4, 0.5) is 0 Å². The maximum Gasteiger partial charge on any atom is 0.161 e. The van der Waals surface area contributed by atoms with E-state index in [0.717, 1.165) is 18.0 Å². The van der Waals surface area contributed by atoms with Crippen molar-refractivity contribution in [2.75, 3.05) is 26.8 Å². The lowest BCUT2D eigenvalue weighted by atomic mass is 10.3. The largest absolute Gasteiger partial charge is 0.493 e. The van der Waals surface area contributed by atoms with E-state index < -0.39 is 0 Å². The van der Waals surface area contributed by atoms with Gasteiger partial charge in [-0.3, -0.25) is 0 Å². The standard InChI is InChI=1S/C13H17NO2/c1-3-4-9-14-10-11-16-13-8-6-5-7-12(13)15-2/h5-8,14H,9-11H2,1-2H3. The number of benzene rings is 1. The molecule has 1 aromatic carbocycles. The summed E-state index contributed by atoms with van der Waals surface area (Å²) in [5.74, 6) is 7.28. The molecular formula is C13H17NO2. The minimum atomic E-state index is 0.603. The van der Waals surface area contributed by atoms with E-state index >= 15 is 0 Å². The van der Waals surface area contributed by atoms with Gasteiger partial charge in [0, 0.05) is 6.54 Å². The van der Waals surface area contributed by atoms with Crippen LogP contribution in [0, 0.1) is 11.8 Å². The molecule has 0 aliphatic rings. The normalized spacial score (nSPS) is 9.12. The lowest BCUT2D eigenvalue weighted by molar-refractivity contribution is 0.294. The minimum absolute atomic E-state index is 0.603. The fourth-order valence-electron chi connectivity index (χ4n) is 1.21. The Morgan fingerprint density at radius 1 is 1.25 bits per heavy atom. The van der Waals surface area contributed by atoms with Crippen molar-refractivity contribution in [1.82, 2.24) is 5.32 Å². The molecule has 0 spiro atoms. The summed E-state index contributed by atoms with van der Waals surface area (Å²) in [6, 6.07) is 7.62. The van der Waals surface area contributed by atoms with E-state index in [0.29, 0.717) is 13.2 Å². The SMILES string of the molecule is CC#CCNCCOc1ccccc1OC. The molecule has 3 nitrogen and oxygen atoms in total. The first-order valence-electron chi connectivity index (χ1n) is 5.24. The maximum atomic E-state index is 5.57. The van der Waals surface area contributed by atoms with Gasteiger partial charge in [-0.25, -0.2) is 0 Å². The average molecular weight is 219 g/mol. The van der Waals surface area contributed by atoms with E-state index in [4.69, 9.17) is 9.47 Å². The molecular weight excluding hydrogens is 202 g/mol. The molecule has 1 rings (SSSR count). The van der Waals surface area contributed by atoms with Crippen LogP contribution in [0.2, 0.25) is 0 Å². The van der Waals surface area contributed by atoms with Crippen LogP contribution < -0.4 is 14.8 Å². The van der Waals surface area contributed by atoms with E-state index in [2.05, 4.69) is 17.2 Å². The highest BCUT2D eigenvalue weighted by molar-refractivity contribution is 5.39. The van der Waals surface area contributed by atoms with Crippen LogP contribution in [0.1, 0.15) is 6.92 Å². The lowest BCUT2D eigenvalue weighted by Crippen LogP contribution is -2.21. The zero-order chi connectivity index (χ0) is 11.6. The van der Waals surface area contributed by atoms with E-state index in [1.165, 1.54) is 0 Å². The van der Waals surface area contributed by atoms with E-state index in [1.807, 2.05) is 31.2 Å². The van der Waals surface area contributed by atoms with Gasteiger partial charge in [0.25, 0.3) is 0 Å². The number of ether oxygens (including phenoxy) is 2. The quantitative estimate of drug-likeness (QED) is 0.583. The molecule has 86 valence electrons. The fraction of sp³-hybridized carbons (Fsp3) is 0.385. The van der Waals surface area contributed by atoms with E-state index in [9.17, 15) is 0 Å². The Morgan fingerprint density at radius 3 is 2.69 bits per heavy atom. The van der Waals surface area contributed by atoms with E-state index in [1.54, 1.807) is 7.11 Å². The molecule has 0 atom stereocenters. The Kier molecular flexibility index (Phi) is 5.90. The Labute approximate surface area is 96.8 Å². The van der Waals surface area contributed by atoms with Crippen molar-refractivity contribution in [3.8, 4) is 23.3 Å². The molecule has 16 heavy (non-hydrogen) atoms. The smallest absolute Gasteiger partial charge is 0.161 e. The molecule has 0 fully saturated rings. The molecule has 1 N–H and O–H groups in total. The lowest BCUT2D eigenvalue weighted by Gasteiger charge is -2.09. The molecule has 3 heteroatoms. The van der Waals surface area contributed by atoms with Gasteiger partial charge in [0.1, 0.15) is 6.61 Å². The Bertz CT molecular complexity index is 366. The second-order valence-corrected chi connectivity index (χ2v) is 3.10. The zero-order valence-corrected chi connectivity index (χ0v) is 9.75. The average Bonchev–Trinajstić information content (AvgIpc) is 2.34. The summed E-state index contributed by atoms with van der Waals surface area (Å²) in [5, 5.41) is 3.15. The van der Waals surface area contributed by atoms with Gasteiger partial charge in [0.2, 0.25) is 0 Å². The number of rotatable bonds is 6. The first-order chi connectivity index (χ1) is 7.88. The maximum absolute atomic E-state index is 5.57. The summed E-state index contributed by atoms with van der Waals surface area (Å²) >= 11 is 0. The third kappa shape index (κ3) is 4.24. The molecule has 0 aliphatic carbocycles. The van der Waals surface area contributed by atoms with Crippen molar-refractivity contribution in [3.05, 3.63) is 24.3 Å². The third-order valence-electron chi connectivity index (χ3n) is 2.00. The number of methoxy groups -OCH3 is 1. The molecule has 0 heterocycles. The molecule has 0 amide bonds. The van der Waals surface area contributed by atoms with Gasteiger partial charge in [-0.1, -0.05) is 18.1 Å². The fourth-order valence-corrected chi connectivity index (χ4v) is 1.21. The van der Waals surface area contributed by atoms with Gasteiger partial charge in [-0.15, -0.1) is 5.92 Å². The van der Waals surface area contributed by atoms with Crippen molar-refractivity contribution in [1.29, 1.82) is 0 Å². The van der Waals surface area contributed by atoms with Crippen molar-refractivity contribution < 1.29 is 9.47 Å². The summed E-state index contributed by atoms with van der Waals surface area (Å²) in [5.41, 5.74) is 0. The molecule has 0 aliphatic heterocycles. The molecule has 0 saturated carbocycles. The number of nitrogens with one attached hydrogen (secondary N) is 1. The topological polar surface area (TPSA) is 30.5 Å². The van der Waals surface area contributed by atoms with Crippen molar-refractivity contribution in [2.45, 2.75) is 6.92 Å². The highest BCUT2D eigenvalue weighted by atomic mass is 16.5. The van der Waals surface area contributed by atoms with Crippen LogP contribution in [0.3, 0.4) is 0 Å². The second kappa shape index (κ2) is 7.61. The summed E-state index contributed by atoms with van der Waals surface area (Å²) in [7, 11) is 1.64. The number of hydrogen-bond donors (Lipinski definition) is 1. The van der Waals surface area contributed by atoms with Crippen LogP contribution >= 0.6 is 0 Å². The van der Waals surface area contributed by atoms with Crippen LogP contribution in [0.25, 0.3) is 0 Å². The van der Waals surface area contributed by atoms with Crippen LogP contribution in [-0.4, -0.2) is 26.8 Å². The Balaban J connectivity index is 2.28. The predicted octanol–water partition coefficient (Wildman–Crippen LogP) is 1.69. The highest BCUT2D eigenvalue weighted by Crippen LogP contribution is 2.25. The molecule has 0 unspecified atom stereocenters. The Morgan fingerprint density at radius 2 is 2.00 bits per heavy atom. The summed E-state index contributed by atoms with van der Waals surface area (Å²) < 4.78 is 10.7. The van der Waals surface area contributed by atoms with E-state index in [-0.39, 0.29) is 0 Å². The monoisotopic (exact) mass is 219 g/mol. The Hall–Kier alpha value is -1.66. The summed E-state index contributed by atoms with van der Waals surface area (Å²) in [6.07, 6.45) is 0. The van der Waals surface area contributed by atoms with Gasteiger partial charge < -0.3 is 14.8 Å². The van der Waals surface area contributed by atoms with Crippen molar-refractivity contribution in [2.24, 2.45) is 0 Å². The number of para-hydroxylation sites is 2. The summed E-state index contributed by atoms with van der Waals surface area (Å²) in [4.78, 5) is 0. The molecule has 1 aromatic rings. The first-order valence-corrected chi connectivity index (χ1v) is 5.24. The molecule has 0 radical (unpaired) electrons. The minimum Gasteiger partial charge on any atom is -0.493 e. The predicted molar refractivity (Wildman–Crippen MR) is 64.8 cm³/mol. The van der Waals surface area contributed by atoms with Gasteiger partial charge in [-0.05, 0) is 19.1 Å². The van der Waals surface area contributed by atoms with Gasteiger partial charge in [0.15, 0.2) is 11.5 Å². The molecule has 0 aromatic heterocycles. The zero-order valence-electron chi connectivity index (χ0n) is 9.75. The van der Waals surface area contributed by atoms with Crippen molar-refractivity contribution in [3.63, 3.8) is 0 Å². The second-order valence-electron chi connectivity index (χ2n) is 3.10. The van der Waals surface area contributed by atoms with Gasteiger partial charge in [0.05, 0.1) is 13.7 Å². The molecule has 0 saturated heterocycles. The van der Waals surface area contributed by atoms with Gasteiger partial charge in [-0.2, -0.15) is 0 Å². The van der Waals surface area contributed by atoms with Crippen LogP contribution in [-0.2, 0) is 0 Å². The summed E-state index contributed by atoms with van der Waals surface area (Å²) in [6.45, 7) is 3.90. The van der Waals surface area contributed by atoms with Crippen molar-refractivity contribution >= 4 is 0 Å². The highest BCUT2D eigenvalue weighted by Gasteiger charge is 2.00. The first kappa shape index (κ1) is 12.4. The van der Waals surface area contributed by atoms with Gasteiger partial charge >= 0.3 is 0 Å². The number of hydrogen-bond acceptors (Lipinski definition) is 3. The van der Waals surface area contributed by atoms with Crippen LogP contribution in [0.5, 0.6) is 11.5 Å². The molecule has 0 bridgehead atoms.